The van der Waals surface area contributed by atoms with Gasteiger partial charge in [-0.05, 0) is 69.9 Å². The molecule has 2 aromatic carbocycles. The van der Waals surface area contributed by atoms with Crippen LogP contribution in [0.4, 0.5) is 0 Å². The van der Waals surface area contributed by atoms with E-state index in [1.807, 2.05) is 4.52 Å². The molecule has 0 fully saturated rings. The number of rotatable bonds is 3. The van der Waals surface area contributed by atoms with Gasteiger partial charge in [0.15, 0.2) is 5.65 Å². The van der Waals surface area contributed by atoms with Gasteiger partial charge in [0.1, 0.15) is 5.65 Å². The lowest BCUT2D eigenvalue weighted by Crippen LogP contribution is -2.04. The fraction of sp³-hybridized carbons (Fsp3) is 0.259. The SMILES string of the molecule is Cc1cccc(Cn2ccc3c(C)nc4c(-c5c(C)cc(C)cc5C)c(C)nn4c32)c1. The molecule has 5 rings (SSSR count). The van der Waals surface area contributed by atoms with E-state index in [1.54, 1.807) is 0 Å². The van der Waals surface area contributed by atoms with Gasteiger partial charge in [0.25, 0.3) is 0 Å². The number of aromatic nitrogens is 4. The molecule has 0 amide bonds. The van der Waals surface area contributed by atoms with Crippen LogP contribution in [0.15, 0.2) is 48.7 Å². The highest BCUT2D eigenvalue weighted by atomic mass is 15.3. The van der Waals surface area contributed by atoms with Crippen molar-refractivity contribution < 1.29 is 0 Å². The Morgan fingerprint density at radius 3 is 2.23 bits per heavy atom. The van der Waals surface area contributed by atoms with Crippen LogP contribution in [0.5, 0.6) is 0 Å². The van der Waals surface area contributed by atoms with Gasteiger partial charge in [-0.15, -0.1) is 0 Å². The summed E-state index contributed by atoms with van der Waals surface area (Å²) in [6.07, 6.45) is 2.15. The summed E-state index contributed by atoms with van der Waals surface area (Å²) in [6, 6.07) is 15.3. The second-order valence-electron chi connectivity index (χ2n) is 8.84. The van der Waals surface area contributed by atoms with Crippen LogP contribution in [0, 0.1) is 41.5 Å². The van der Waals surface area contributed by atoms with Gasteiger partial charge in [-0.25, -0.2) is 4.98 Å². The van der Waals surface area contributed by atoms with E-state index >= 15 is 0 Å². The average Bonchev–Trinajstić information content (AvgIpc) is 3.24. The van der Waals surface area contributed by atoms with Gasteiger partial charge < -0.3 is 4.57 Å². The smallest absolute Gasteiger partial charge is 0.165 e. The maximum Gasteiger partial charge on any atom is 0.165 e. The summed E-state index contributed by atoms with van der Waals surface area (Å²) in [5.41, 5.74) is 12.9. The van der Waals surface area contributed by atoms with Crippen molar-refractivity contribution in [1.82, 2.24) is 19.2 Å². The summed E-state index contributed by atoms with van der Waals surface area (Å²) in [4.78, 5) is 5.03. The van der Waals surface area contributed by atoms with Gasteiger partial charge in [-0.2, -0.15) is 9.61 Å². The molecule has 4 nitrogen and oxygen atoms in total. The van der Waals surface area contributed by atoms with Crippen LogP contribution >= 0.6 is 0 Å². The van der Waals surface area contributed by atoms with Crippen molar-refractivity contribution >= 4 is 16.7 Å². The molecule has 4 heteroatoms. The molecule has 156 valence electrons. The first-order chi connectivity index (χ1) is 14.8. The third-order valence-corrected chi connectivity index (χ3v) is 6.20. The summed E-state index contributed by atoms with van der Waals surface area (Å²) in [5, 5.41) is 6.13. The van der Waals surface area contributed by atoms with Crippen LogP contribution < -0.4 is 0 Å². The molecule has 3 heterocycles. The normalized spacial score (nSPS) is 11.7. The zero-order valence-electron chi connectivity index (χ0n) is 19.1. The van der Waals surface area contributed by atoms with Crippen LogP contribution in [-0.4, -0.2) is 19.2 Å². The average molecular weight is 409 g/mol. The molecule has 0 bridgehead atoms. The zero-order valence-corrected chi connectivity index (χ0v) is 19.1. The van der Waals surface area contributed by atoms with Gasteiger partial charge in [0.2, 0.25) is 0 Å². The van der Waals surface area contributed by atoms with E-state index < -0.39 is 0 Å². The minimum atomic E-state index is 0.806. The third-order valence-electron chi connectivity index (χ3n) is 6.20. The number of nitrogens with zero attached hydrogens (tertiary/aromatic N) is 4. The Balaban J connectivity index is 1.79. The lowest BCUT2D eigenvalue weighted by Gasteiger charge is -2.12. The van der Waals surface area contributed by atoms with Crippen molar-refractivity contribution in [3.8, 4) is 11.1 Å². The van der Waals surface area contributed by atoms with Gasteiger partial charge >= 0.3 is 0 Å². The molecule has 0 aliphatic carbocycles. The first kappa shape index (κ1) is 19.6. The second-order valence-corrected chi connectivity index (χ2v) is 8.84. The van der Waals surface area contributed by atoms with Crippen molar-refractivity contribution in [3.05, 3.63) is 87.9 Å². The minimum absolute atomic E-state index is 0.806. The molecule has 5 aromatic rings. The topological polar surface area (TPSA) is 35.1 Å². The fourth-order valence-corrected chi connectivity index (χ4v) is 4.97. The molecule has 0 aliphatic heterocycles. The van der Waals surface area contributed by atoms with Gasteiger partial charge in [-0.1, -0.05) is 47.5 Å². The molecule has 0 radical (unpaired) electrons. The summed E-state index contributed by atoms with van der Waals surface area (Å²) in [5.74, 6) is 0. The summed E-state index contributed by atoms with van der Waals surface area (Å²) in [6.45, 7) is 13.7. The predicted octanol–water partition coefficient (Wildman–Crippen LogP) is 6.25. The van der Waals surface area contributed by atoms with Crippen LogP contribution in [0.2, 0.25) is 0 Å². The van der Waals surface area contributed by atoms with E-state index in [0.29, 0.717) is 0 Å². The van der Waals surface area contributed by atoms with E-state index in [1.165, 1.54) is 33.4 Å². The molecule has 0 saturated carbocycles. The predicted molar refractivity (Wildman–Crippen MR) is 128 cm³/mol. The molecule has 0 aliphatic rings. The molecule has 3 aromatic heterocycles. The van der Waals surface area contributed by atoms with E-state index in [4.69, 9.17) is 10.1 Å². The van der Waals surface area contributed by atoms with Crippen molar-refractivity contribution in [1.29, 1.82) is 0 Å². The van der Waals surface area contributed by atoms with Crippen molar-refractivity contribution in [2.45, 2.75) is 48.1 Å². The highest BCUT2D eigenvalue weighted by Crippen LogP contribution is 2.35. The zero-order chi connectivity index (χ0) is 21.9. The van der Waals surface area contributed by atoms with E-state index in [2.05, 4.69) is 94.8 Å². The van der Waals surface area contributed by atoms with Crippen molar-refractivity contribution in [2.24, 2.45) is 0 Å². The van der Waals surface area contributed by atoms with Crippen molar-refractivity contribution in [2.75, 3.05) is 0 Å². The number of benzene rings is 2. The Hall–Kier alpha value is -3.40. The molecule has 0 spiro atoms. The Morgan fingerprint density at radius 2 is 1.52 bits per heavy atom. The molecule has 0 unspecified atom stereocenters. The Labute approximate surface area is 183 Å². The second kappa shape index (κ2) is 7.09. The summed E-state index contributed by atoms with van der Waals surface area (Å²) < 4.78 is 4.33. The maximum absolute atomic E-state index is 5.03. The third kappa shape index (κ3) is 3.14. The highest BCUT2D eigenvalue weighted by Gasteiger charge is 2.21. The highest BCUT2D eigenvalue weighted by molar-refractivity contribution is 5.89. The maximum atomic E-state index is 5.03. The molecule has 0 saturated heterocycles. The van der Waals surface area contributed by atoms with Crippen LogP contribution in [0.25, 0.3) is 27.8 Å². The molecule has 0 N–H and O–H groups in total. The Bertz CT molecular complexity index is 1440. The molecule has 31 heavy (non-hydrogen) atoms. The van der Waals surface area contributed by atoms with E-state index in [9.17, 15) is 0 Å². The number of hydrogen-bond acceptors (Lipinski definition) is 2. The van der Waals surface area contributed by atoms with Crippen LogP contribution in [-0.2, 0) is 6.54 Å². The standard InChI is InChI=1S/C27H28N4/c1-16-8-7-9-22(14-16)15-30-11-10-23-20(5)28-26-25(21(6)29-31(26)27(23)30)24-18(3)12-17(2)13-19(24)4/h7-14H,15H2,1-6H3. The number of fused-ring (bicyclic) bond motifs is 3. The first-order valence-corrected chi connectivity index (χ1v) is 10.8. The van der Waals surface area contributed by atoms with Gasteiger partial charge in [0.05, 0.1) is 17.0 Å². The number of aryl methyl sites for hydroxylation is 6. The van der Waals surface area contributed by atoms with Gasteiger partial charge in [-0.3, -0.25) is 0 Å². The van der Waals surface area contributed by atoms with Crippen LogP contribution in [0.1, 0.15) is 39.2 Å². The van der Waals surface area contributed by atoms with Gasteiger partial charge in [0, 0.05) is 18.1 Å². The van der Waals surface area contributed by atoms with Crippen LogP contribution in [0.3, 0.4) is 0 Å². The Morgan fingerprint density at radius 1 is 0.774 bits per heavy atom. The first-order valence-electron chi connectivity index (χ1n) is 10.8. The lowest BCUT2D eigenvalue weighted by molar-refractivity contribution is 0.794. The summed E-state index contributed by atoms with van der Waals surface area (Å²) >= 11 is 0. The van der Waals surface area contributed by atoms with E-state index in [0.717, 1.165) is 40.2 Å². The van der Waals surface area contributed by atoms with Crippen molar-refractivity contribution in [3.63, 3.8) is 0 Å². The minimum Gasteiger partial charge on any atom is -0.328 e. The molecular weight excluding hydrogens is 380 g/mol. The number of hydrogen-bond donors (Lipinski definition) is 0. The quantitative estimate of drug-likeness (QED) is 0.354. The Kier molecular flexibility index (Phi) is 4.47. The molecule has 0 atom stereocenters. The fourth-order valence-electron chi connectivity index (χ4n) is 4.97. The summed E-state index contributed by atoms with van der Waals surface area (Å²) in [7, 11) is 0. The largest absolute Gasteiger partial charge is 0.328 e. The van der Waals surface area contributed by atoms with E-state index in [-0.39, 0.29) is 0 Å². The molecular formula is C27H28N4. The lowest BCUT2D eigenvalue weighted by atomic mass is 9.94. The monoisotopic (exact) mass is 408 g/mol.